The second kappa shape index (κ2) is 2.91. The highest BCUT2D eigenvalue weighted by molar-refractivity contribution is 4.79. The second-order valence-electron chi connectivity index (χ2n) is 1.23. The average molecular weight is 85.1 g/mol. The molecule has 0 atom stereocenters. The molecule has 0 aliphatic heterocycles. The predicted octanol–water partition coefficient (Wildman–Crippen LogP) is 1.49. The molecule has 0 aliphatic rings. The fourth-order valence-electron chi connectivity index (χ4n) is 0.209. The molecule has 6 heavy (non-hydrogen) atoms. The van der Waals surface area contributed by atoms with Crippen molar-refractivity contribution in [3.63, 3.8) is 0 Å². The molecule has 0 saturated heterocycles. The lowest BCUT2D eigenvalue weighted by Crippen LogP contribution is -1.81. The van der Waals surface area contributed by atoms with Crippen molar-refractivity contribution in [2.24, 2.45) is 0 Å². The van der Waals surface area contributed by atoms with E-state index in [-0.39, 0.29) is 0 Å². The van der Waals surface area contributed by atoms with Gasteiger partial charge in [0.25, 0.3) is 0 Å². The average Bonchev–Trinajstić information content (AvgIpc) is 1.35. The monoisotopic (exact) mass is 85.1 g/mol. The highest BCUT2D eigenvalue weighted by Crippen LogP contribution is 1.95. The minimum atomic E-state index is 0.421. The first-order chi connectivity index (χ1) is 2.77. The fraction of sp³-hybridized carbons (Fsp3) is 0.400. The van der Waals surface area contributed by atoms with E-state index in [2.05, 4.69) is 6.58 Å². The van der Waals surface area contributed by atoms with Crippen LogP contribution >= 0.6 is 0 Å². The molecular formula is C5H9O. The second-order valence-corrected chi connectivity index (χ2v) is 1.23. The minimum absolute atomic E-state index is 0.421. The van der Waals surface area contributed by atoms with E-state index >= 15 is 0 Å². The number of hydrogen-bond donors (Lipinski definition) is 1. The molecule has 0 fully saturated rings. The Hall–Kier alpha value is -0.300. The largest absolute Gasteiger partial charge is 0.387 e. The van der Waals surface area contributed by atoms with Gasteiger partial charge in [-0.25, -0.2) is 0 Å². The Morgan fingerprint density at radius 1 is 2.00 bits per heavy atom. The van der Waals surface area contributed by atoms with Crippen molar-refractivity contribution >= 4 is 0 Å². The summed E-state index contributed by atoms with van der Waals surface area (Å²) < 4.78 is 0. The zero-order valence-electron chi connectivity index (χ0n) is 3.94. The van der Waals surface area contributed by atoms with Crippen molar-refractivity contribution in [2.75, 3.05) is 0 Å². The Kier molecular flexibility index (Phi) is 2.77. The third kappa shape index (κ3) is 3.70. The molecule has 1 radical (unpaired) electrons. The van der Waals surface area contributed by atoms with Crippen LogP contribution in [0.5, 0.6) is 0 Å². The van der Waals surface area contributed by atoms with Gasteiger partial charge in [0.2, 0.25) is 0 Å². The lowest BCUT2D eigenvalue weighted by atomic mass is 10.3. The normalized spacial score (nSPS) is 9.17. The molecule has 1 nitrogen and oxygen atoms in total. The number of rotatable bonds is 2. The van der Waals surface area contributed by atoms with E-state index in [1.165, 1.54) is 0 Å². The summed E-state index contributed by atoms with van der Waals surface area (Å²) >= 11 is 0. The van der Waals surface area contributed by atoms with Gasteiger partial charge < -0.3 is 5.11 Å². The predicted molar refractivity (Wildman–Crippen MR) is 25.7 cm³/mol. The van der Waals surface area contributed by atoms with Crippen LogP contribution < -0.4 is 0 Å². The van der Waals surface area contributed by atoms with E-state index in [1.54, 1.807) is 13.0 Å². The summed E-state index contributed by atoms with van der Waals surface area (Å²) in [4.78, 5) is 0. The van der Waals surface area contributed by atoms with Crippen LogP contribution in [0.2, 0.25) is 0 Å². The topological polar surface area (TPSA) is 20.2 Å². The van der Waals surface area contributed by atoms with E-state index in [0.717, 1.165) is 0 Å². The molecule has 0 spiro atoms. The van der Waals surface area contributed by atoms with Gasteiger partial charge in [-0.15, -0.1) is 6.58 Å². The highest BCUT2D eigenvalue weighted by atomic mass is 16.3. The van der Waals surface area contributed by atoms with Crippen LogP contribution in [0.1, 0.15) is 13.3 Å². The highest BCUT2D eigenvalue weighted by Gasteiger charge is 1.86. The van der Waals surface area contributed by atoms with E-state index in [0.29, 0.717) is 12.5 Å². The van der Waals surface area contributed by atoms with Gasteiger partial charge in [-0.3, -0.25) is 0 Å². The van der Waals surface area contributed by atoms with Crippen LogP contribution in [-0.2, 0) is 0 Å². The maximum Gasteiger partial charge on any atom is 0.0939 e. The number of aliphatic hydroxyl groups excluding tert-OH is 1. The van der Waals surface area contributed by atoms with Crippen molar-refractivity contribution in [1.82, 2.24) is 0 Å². The molecule has 0 aromatic heterocycles. The molecule has 0 rings (SSSR count). The van der Waals surface area contributed by atoms with Gasteiger partial charge in [0, 0.05) is 0 Å². The summed E-state index contributed by atoms with van der Waals surface area (Å²) in [5, 5.41) is 8.40. The quantitative estimate of drug-likeness (QED) is 0.503. The molecular weight excluding hydrogens is 76.1 g/mol. The SMILES string of the molecule is C=CC[C](C)O. The molecule has 0 amide bonds. The van der Waals surface area contributed by atoms with Crippen LogP contribution in [0.4, 0.5) is 0 Å². The van der Waals surface area contributed by atoms with Gasteiger partial charge in [0.1, 0.15) is 0 Å². The Labute approximate surface area is 38.3 Å². The molecule has 0 heterocycles. The molecule has 0 aromatic carbocycles. The van der Waals surface area contributed by atoms with E-state index in [9.17, 15) is 0 Å². The third-order valence-corrected chi connectivity index (χ3v) is 0.440. The molecule has 0 unspecified atom stereocenters. The van der Waals surface area contributed by atoms with Gasteiger partial charge in [-0.05, 0) is 13.3 Å². The van der Waals surface area contributed by atoms with E-state index < -0.39 is 0 Å². The lowest BCUT2D eigenvalue weighted by Gasteiger charge is -1.90. The summed E-state index contributed by atoms with van der Waals surface area (Å²) in [6.45, 7) is 5.07. The van der Waals surface area contributed by atoms with Crippen LogP contribution in [0.15, 0.2) is 12.7 Å². The zero-order valence-corrected chi connectivity index (χ0v) is 3.94. The summed E-state index contributed by atoms with van der Waals surface area (Å²) in [6, 6.07) is 0. The maximum absolute atomic E-state index is 8.40. The summed E-state index contributed by atoms with van der Waals surface area (Å²) in [5.41, 5.74) is 0. The van der Waals surface area contributed by atoms with Crippen LogP contribution in [-0.4, -0.2) is 5.11 Å². The van der Waals surface area contributed by atoms with Gasteiger partial charge in [0.05, 0.1) is 6.10 Å². The van der Waals surface area contributed by atoms with E-state index in [4.69, 9.17) is 5.11 Å². The van der Waals surface area contributed by atoms with Gasteiger partial charge in [-0.2, -0.15) is 0 Å². The first-order valence-electron chi connectivity index (χ1n) is 1.89. The Balaban J connectivity index is 2.81. The van der Waals surface area contributed by atoms with Gasteiger partial charge >= 0.3 is 0 Å². The maximum atomic E-state index is 8.40. The Morgan fingerprint density at radius 3 is 2.50 bits per heavy atom. The first-order valence-corrected chi connectivity index (χ1v) is 1.89. The molecule has 0 aliphatic carbocycles. The summed E-state index contributed by atoms with van der Waals surface area (Å²) in [6.07, 6.45) is 2.69. The third-order valence-electron chi connectivity index (χ3n) is 0.440. The van der Waals surface area contributed by atoms with Gasteiger partial charge in [-0.1, -0.05) is 6.08 Å². The van der Waals surface area contributed by atoms with Crippen molar-refractivity contribution in [3.8, 4) is 0 Å². The smallest absolute Gasteiger partial charge is 0.0939 e. The zero-order chi connectivity index (χ0) is 4.99. The Morgan fingerprint density at radius 2 is 2.50 bits per heavy atom. The number of aliphatic hydroxyl groups is 1. The van der Waals surface area contributed by atoms with Crippen LogP contribution in [0, 0.1) is 6.10 Å². The summed E-state index contributed by atoms with van der Waals surface area (Å²) in [5.74, 6) is 0. The molecule has 0 saturated carbocycles. The van der Waals surface area contributed by atoms with Crippen molar-refractivity contribution in [1.29, 1.82) is 0 Å². The minimum Gasteiger partial charge on any atom is -0.387 e. The fourth-order valence-corrected chi connectivity index (χ4v) is 0.209. The lowest BCUT2D eigenvalue weighted by molar-refractivity contribution is 0.310. The number of hydrogen-bond acceptors (Lipinski definition) is 1. The summed E-state index contributed by atoms with van der Waals surface area (Å²) in [7, 11) is 0. The first kappa shape index (κ1) is 5.70. The van der Waals surface area contributed by atoms with Crippen LogP contribution in [0.25, 0.3) is 0 Å². The van der Waals surface area contributed by atoms with E-state index in [1.807, 2.05) is 0 Å². The molecule has 1 N–H and O–H groups in total. The Bertz CT molecular complexity index is 39.2. The molecule has 0 aromatic rings. The van der Waals surface area contributed by atoms with Crippen molar-refractivity contribution in [2.45, 2.75) is 13.3 Å². The molecule has 35 valence electrons. The molecule has 0 bridgehead atoms. The molecule has 1 heteroatoms. The van der Waals surface area contributed by atoms with Gasteiger partial charge in [0.15, 0.2) is 0 Å². The van der Waals surface area contributed by atoms with Crippen LogP contribution in [0.3, 0.4) is 0 Å². The van der Waals surface area contributed by atoms with Crippen molar-refractivity contribution in [3.05, 3.63) is 18.8 Å². The standard InChI is InChI=1S/C5H9O/c1-3-4-5(2)6/h3,6H,1,4H2,2H3. The van der Waals surface area contributed by atoms with Crippen molar-refractivity contribution < 1.29 is 5.11 Å².